The number of carbonyl (C=O) groups excluding carboxylic acids is 1. The number of hydrogen-bond donors (Lipinski definition) is 1. The molecule has 2 N–H and O–H groups in total. The summed E-state index contributed by atoms with van der Waals surface area (Å²) in [6, 6.07) is 5.25. The molecule has 108 valence electrons. The van der Waals surface area contributed by atoms with Crippen molar-refractivity contribution in [2.45, 2.75) is 39.5 Å². The minimum absolute atomic E-state index is 0. The molecule has 0 aliphatic rings. The molecule has 0 atom stereocenters. The van der Waals surface area contributed by atoms with Crippen LogP contribution in [0.3, 0.4) is 0 Å². The van der Waals surface area contributed by atoms with Gasteiger partial charge in [-0.3, -0.25) is 4.79 Å². The highest BCUT2D eigenvalue weighted by molar-refractivity contribution is 5.85. The summed E-state index contributed by atoms with van der Waals surface area (Å²) in [5, 5.41) is 0. The molecule has 0 heterocycles. The van der Waals surface area contributed by atoms with Gasteiger partial charge < -0.3 is 15.2 Å². The summed E-state index contributed by atoms with van der Waals surface area (Å²) in [5.41, 5.74) is 6.24. The van der Waals surface area contributed by atoms with Gasteiger partial charge in [-0.1, -0.05) is 26.3 Å². The molecule has 0 aliphatic carbocycles. The molecular weight excluding hydrogens is 266 g/mol. The smallest absolute Gasteiger partial charge is 0.311 e. The third kappa shape index (κ3) is 5.83. The monoisotopic (exact) mass is 287 g/mol. The number of halogens is 1. The molecule has 0 saturated carbocycles. The molecule has 0 amide bonds. The van der Waals surface area contributed by atoms with Crippen LogP contribution in [0.2, 0.25) is 0 Å². The third-order valence-electron chi connectivity index (χ3n) is 2.43. The van der Waals surface area contributed by atoms with Gasteiger partial charge in [0, 0.05) is 6.42 Å². The zero-order valence-electron chi connectivity index (χ0n) is 11.5. The standard InChI is InChI=1S/C14H21NO3.ClH/c1-3-5-10-17-12-9-6-8-11(15)14(12)18-13(16)7-4-2;/h6,8-9H,3-5,7,10,15H2,1-2H3;1H. The third-order valence-corrected chi connectivity index (χ3v) is 2.43. The highest BCUT2D eigenvalue weighted by atomic mass is 35.5. The number of rotatable bonds is 7. The van der Waals surface area contributed by atoms with Gasteiger partial charge in [0.15, 0.2) is 11.5 Å². The Bertz CT molecular complexity index is 396. The SMILES string of the molecule is CCCCOc1cccc(N)c1OC(=O)CCC.Cl. The van der Waals surface area contributed by atoms with Crippen LogP contribution in [0.5, 0.6) is 11.5 Å². The summed E-state index contributed by atoms with van der Waals surface area (Å²) < 4.78 is 10.8. The van der Waals surface area contributed by atoms with Gasteiger partial charge in [0.05, 0.1) is 12.3 Å². The van der Waals surface area contributed by atoms with Crippen molar-refractivity contribution in [2.75, 3.05) is 12.3 Å². The lowest BCUT2D eigenvalue weighted by molar-refractivity contribution is -0.134. The molecule has 0 aliphatic heterocycles. The van der Waals surface area contributed by atoms with E-state index in [9.17, 15) is 4.79 Å². The first-order valence-corrected chi connectivity index (χ1v) is 6.41. The van der Waals surface area contributed by atoms with Gasteiger partial charge in [0.2, 0.25) is 0 Å². The van der Waals surface area contributed by atoms with Gasteiger partial charge in [0.25, 0.3) is 0 Å². The number of nitrogen functional groups attached to an aromatic ring is 1. The topological polar surface area (TPSA) is 61.6 Å². The molecule has 0 bridgehead atoms. The number of ether oxygens (including phenoxy) is 2. The van der Waals surface area contributed by atoms with Crippen molar-refractivity contribution in [1.29, 1.82) is 0 Å². The van der Waals surface area contributed by atoms with E-state index in [0.717, 1.165) is 19.3 Å². The highest BCUT2D eigenvalue weighted by Crippen LogP contribution is 2.33. The fourth-order valence-electron chi connectivity index (χ4n) is 1.45. The zero-order valence-corrected chi connectivity index (χ0v) is 12.3. The fourth-order valence-corrected chi connectivity index (χ4v) is 1.45. The molecule has 0 spiro atoms. The van der Waals surface area contributed by atoms with E-state index in [0.29, 0.717) is 30.2 Å². The van der Waals surface area contributed by atoms with Crippen molar-refractivity contribution >= 4 is 24.1 Å². The van der Waals surface area contributed by atoms with Crippen LogP contribution in [-0.2, 0) is 4.79 Å². The Balaban J connectivity index is 0.00000324. The molecule has 0 fully saturated rings. The number of esters is 1. The molecule has 4 nitrogen and oxygen atoms in total. The van der Waals surface area contributed by atoms with Gasteiger partial charge >= 0.3 is 5.97 Å². The Morgan fingerprint density at radius 3 is 2.63 bits per heavy atom. The Kier molecular flexibility index (Phi) is 8.79. The molecule has 0 aromatic heterocycles. The van der Waals surface area contributed by atoms with E-state index in [1.807, 2.05) is 6.92 Å². The van der Waals surface area contributed by atoms with Crippen molar-refractivity contribution in [3.05, 3.63) is 18.2 Å². The predicted octanol–water partition coefficient (Wildman–Crippen LogP) is 3.58. The number of carbonyl (C=O) groups is 1. The minimum Gasteiger partial charge on any atom is -0.490 e. The number of anilines is 1. The van der Waals surface area contributed by atoms with Crippen LogP contribution in [0.1, 0.15) is 39.5 Å². The summed E-state index contributed by atoms with van der Waals surface area (Å²) in [6.45, 7) is 4.61. The summed E-state index contributed by atoms with van der Waals surface area (Å²) in [4.78, 5) is 11.5. The number of benzene rings is 1. The minimum atomic E-state index is -0.282. The van der Waals surface area contributed by atoms with Gasteiger partial charge in [-0.15, -0.1) is 12.4 Å². The van der Waals surface area contributed by atoms with E-state index in [1.165, 1.54) is 0 Å². The normalized spacial score (nSPS) is 9.58. The van der Waals surface area contributed by atoms with E-state index in [-0.39, 0.29) is 18.4 Å². The highest BCUT2D eigenvalue weighted by Gasteiger charge is 2.13. The van der Waals surface area contributed by atoms with E-state index in [4.69, 9.17) is 15.2 Å². The quantitative estimate of drug-likeness (QED) is 0.360. The Morgan fingerprint density at radius 2 is 2.00 bits per heavy atom. The lowest BCUT2D eigenvalue weighted by Crippen LogP contribution is -2.10. The van der Waals surface area contributed by atoms with Crippen LogP contribution in [0.4, 0.5) is 5.69 Å². The molecule has 0 radical (unpaired) electrons. The first-order valence-electron chi connectivity index (χ1n) is 6.41. The van der Waals surface area contributed by atoms with E-state index in [2.05, 4.69) is 6.92 Å². The van der Waals surface area contributed by atoms with E-state index in [1.54, 1.807) is 18.2 Å². The molecule has 19 heavy (non-hydrogen) atoms. The van der Waals surface area contributed by atoms with E-state index < -0.39 is 0 Å². The average Bonchev–Trinajstić information content (AvgIpc) is 2.34. The van der Waals surface area contributed by atoms with Gasteiger partial charge in [-0.25, -0.2) is 0 Å². The Labute approximate surface area is 120 Å². The second-order valence-corrected chi connectivity index (χ2v) is 4.10. The average molecular weight is 288 g/mol. The second-order valence-electron chi connectivity index (χ2n) is 4.10. The number of para-hydroxylation sites is 1. The summed E-state index contributed by atoms with van der Waals surface area (Å²) >= 11 is 0. The summed E-state index contributed by atoms with van der Waals surface area (Å²) in [7, 11) is 0. The predicted molar refractivity (Wildman–Crippen MR) is 79.0 cm³/mol. The Morgan fingerprint density at radius 1 is 1.26 bits per heavy atom. The zero-order chi connectivity index (χ0) is 13.4. The van der Waals surface area contributed by atoms with E-state index >= 15 is 0 Å². The second kappa shape index (κ2) is 9.50. The first kappa shape index (κ1) is 17.6. The molecule has 0 unspecified atom stereocenters. The van der Waals surface area contributed by atoms with Crippen LogP contribution in [0.15, 0.2) is 18.2 Å². The number of nitrogens with two attached hydrogens (primary N) is 1. The molecular formula is C14H22ClNO3. The summed E-state index contributed by atoms with van der Waals surface area (Å²) in [6.07, 6.45) is 3.13. The van der Waals surface area contributed by atoms with Crippen molar-refractivity contribution in [3.8, 4) is 11.5 Å². The van der Waals surface area contributed by atoms with Crippen LogP contribution >= 0.6 is 12.4 Å². The molecule has 5 heteroatoms. The molecule has 1 aromatic rings. The molecule has 0 saturated heterocycles. The maximum atomic E-state index is 11.5. The van der Waals surface area contributed by atoms with Crippen molar-refractivity contribution in [2.24, 2.45) is 0 Å². The van der Waals surface area contributed by atoms with Crippen LogP contribution in [-0.4, -0.2) is 12.6 Å². The molecule has 1 aromatic carbocycles. The van der Waals surface area contributed by atoms with Crippen molar-refractivity contribution in [3.63, 3.8) is 0 Å². The van der Waals surface area contributed by atoms with Crippen LogP contribution in [0.25, 0.3) is 0 Å². The number of unbranched alkanes of at least 4 members (excludes halogenated alkanes) is 1. The number of hydrogen-bond acceptors (Lipinski definition) is 4. The Hall–Kier alpha value is -1.42. The van der Waals surface area contributed by atoms with Gasteiger partial charge in [0.1, 0.15) is 0 Å². The van der Waals surface area contributed by atoms with Crippen molar-refractivity contribution in [1.82, 2.24) is 0 Å². The fraction of sp³-hybridized carbons (Fsp3) is 0.500. The van der Waals surface area contributed by atoms with Gasteiger partial charge in [-0.05, 0) is 25.0 Å². The van der Waals surface area contributed by atoms with Crippen LogP contribution in [0, 0.1) is 0 Å². The largest absolute Gasteiger partial charge is 0.490 e. The lowest BCUT2D eigenvalue weighted by atomic mass is 10.2. The lowest BCUT2D eigenvalue weighted by Gasteiger charge is -2.13. The maximum absolute atomic E-state index is 11.5. The van der Waals surface area contributed by atoms with Crippen molar-refractivity contribution < 1.29 is 14.3 Å². The van der Waals surface area contributed by atoms with Gasteiger partial charge in [-0.2, -0.15) is 0 Å². The first-order chi connectivity index (χ1) is 8.69. The maximum Gasteiger partial charge on any atom is 0.311 e. The molecule has 1 rings (SSSR count). The van der Waals surface area contributed by atoms with Crippen LogP contribution < -0.4 is 15.2 Å². The summed E-state index contributed by atoms with van der Waals surface area (Å²) in [5.74, 6) is 0.593.